The Labute approximate surface area is 163 Å². The fraction of sp³-hybridized carbons (Fsp3) is 0.909. The number of carbonyl (C=O) groups excluding carboxylic acids is 1. The smallest absolute Gasteiger partial charge is 0.139 e. The van der Waals surface area contributed by atoms with Gasteiger partial charge in [0.25, 0.3) is 0 Å². The van der Waals surface area contributed by atoms with Crippen LogP contribution < -0.4 is 5.73 Å². The van der Waals surface area contributed by atoms with E-state index in [1.807, 2.05) is 0 Å². The van der Waals surface area contributed by atoms with Crippen LogP contribution in [0.15, 0.2) is 5.16 Å². The number of ketones is 1. The number of rotatable bonds is 3. The number of nitrogens with zero attached hydrogens (tertiary/aromatic N) is 1. The lowest BCUT2D eigenvalue weighted by atomic mass is 9.41. The van der Waals surface area contributed by atoms with Gasteiger partial charge in [0, 0.05) is 30.2 Å². The number of hydrogen-bond acceptors (Lipinski definition) is 5. The van der Waals surface area contributed by atoms with Crippen molar-refractivity contribution in [3.63, 3.8) is 0 Å². The van der Waals surface area contributed by atoms with E-state index in [0.717, 1.165) is 50.7 Å². The molecule has 0 aromatic heterocycles. The van der Waals surface area contributed by atoms with E-state index in [1.165, 1.54) is 0 Å². The van der Waals surface area contributed by atoms with Gasteiger partial charge in [-0.05, 0) is 62.2 Å². The topological polar surface area (TPSA) is 84.9 Å². The van der Waals surface area contributed by atoms with Crippen LogP contribution in [0.25, 0.3) is 0 Å². The lowest BCUT2D eigenvalue weighted by molar-refractivity contribution is -0.206. The highest BCUT2D eigenvalue weighted by Crippen LogP contribution is 2.67. The standard InChI is InChI=1S/C22H36N2O3/c1-14-12-22(26)13-15(24-27-11-10-23)6-9-21(22,3)17-7-8-20(2)16(19(14)17)4-5-18(20)25/h14,16-17,19,26H,4-13,23H2,1-3H3/t14-,16+,17+,19+,20+,21-,22-/m1/s1. The number of Topliss-reactive ketones (excluding diaryl/α,β-unsaturated/α-hetero) is 1. The van der Waals surface area contributed by atoms with Gasteiger partial charge in [0.05, 0.1) is 11.3 Å². The lowest BCUT2D eigenvalue weighted by Gasteiger charge is -2.64. The average molecular weight is 377 g/mol. The summed E-state index contributed by atoms with van der Waals surface area (Å²) in [5, 5.41) is 16.1. The Kier molecular flexibility index (Phi) is 4.70. The molecular formula is C22H36N2O3. The number of carbonyl (C=O) groups is 1. The molecular weight excluding hydrogens is 340 g/mol. The van der Waals surface area contributed by atoms with Crippen molar-refractivity contribution in [2.45, 2.75) is 77.7 Å². The van der Waals surface area contributed by atoms with Gasteiger partial charge in [0.15, 0.2) is 0 Å². The summed E-state index contributed by atoms with van der Waals surface area (Å²) < 4.78 is 0. The molecule has 7 atom stereocenters. The molecule has 4 rings (SSSR count). The summed E-state index contributed by atoms with van der Waals surface area (Å²) in [6, 6.07) is 0. The van der Waals surface area contributed by atoms with Gasteiger partial charge in [-0.25, -0.2) is 0 Å². The van der Waals surface area contributed by atoms with E-state index in [1.54, 1.807) is 0 Å². The Hall–Kier alpha value is -0.940. The number of fused-ring (bicyclic) bond motifs is 5. The highest BCUT2D eigenvalue weighted by atomic mass is 16.6. The monoisotopic (exact) mass is 376 g/mol. The minimum atomic E-state index is -0.715. The second-order valence-corrected chi connectivity index (χ2v) is 10.3. The van der Waals surface area contributed by atoms with Crippen LogP contribution in [-0.4, -0.2) is 35.4 Å². The first-order chi connectivity index (χ1) is 12.7. The Morgan fingerprint density at radius 2 is 2.00 bits per heavy atom. The van der Waals surface area contributed by atoms with E-state index in [4.69, 9.17) is 10.6 Å². The molecule has 4 saturated carbocycles. The SMILES string of the molecule is C[C@@H]1C[C@@]2(O)CC(=NOCCN)CC[C@]2(C)[C@H]2CC[C@]3(C)C(=O)CC[C@H]3[C@H]12. The maximum atomic E-state index is 12.6. The predicted molar refractivity (Wildman–Crippen MR) is 105 cm³/mol. The van der Waals surface area contributed by atoms with Crippen LogP contribution in [0.4, 0.5) is 0 Å². The van der Waals surface area contributed by atoms with Crippen molar-refractivity contribution in [2.24, 2.45) is 45.4 Å². The first kappa shape index (κ1) is 19.4. The van der Waals surface area contributed by atoms with Crippen molar-refractivity contribution >= 4 is 11.5 Å². The Morgan fingerprint density at radius 3 is 2.74 bits per heavy atom. The summed E-state index contributed by atoms with van der Waals surface area (Å²) in [5.74, 6) is 2.49. The van der Waals surface area contributed by atoms with Crippen LogP contribution in [0.1, 0.15) is 72.1 Å². The number of hydrogen-bond donors (Lipinski definition) is 2. The van der Waals surface area contributed by atoms with Crippen LogP contribution in [0, 0.1) is 34.5 Å². The molecule has 4 aliphatic carbocycles. The highest BCUT2D eigenvalue weighted by molar-refractivity contribution is 5.87. The molecule has 4 aliphatic rings. The Morgan fingerprint density at radius 1 is 1.22 bits per heavy atom. The van der Waals surface area contributed by atoms with Crippen LogP contribution >= 0.6 is 0 Å². The first-order valence-electron chi connectivity index (χ1n) is 10.9. The third-order valence-electron chi connectivity index (χ3n) is 9.07. The van der Waals surface area contributed by atoms with E-state index < -0.39 is 5.60 Å². The molecule has 0 heterocycles. The fourth-order valence-corrected chi connectivity index (χ4v) is 7.54. The molecule has 5 heteroatoms. The van der Waals surface area contributed by atoms with Crippen molar-refractivity contribution in [1.82, 2.24) is 0 Å². The van der Waals surface area contributed by atoms with Crippen molar-refractivity contribution in [2.75, 3.05) is 13.2 Å². The Balaban J connectivity index is 1.62. The van der Waals surface area contributed by atoms with Gasteiger partial charge in [-0.15, -0.1) is 0 Å². The minimum absolute atomic E-state index is 0.0932. The molecule has 0 aromatic carbocycles. The minimum Gasteiger partial charge on any atom is -0.395 e. The van der Waals surface area contributed by atoms with Crippen LogP contribution in [0.2, 0.25) is 0 Å². The summed E-state index contributed by atoms with van der Waals surface area (Å²) in [7, 11) is 0. The molecule has 5 nitrogen and oxygen atoms in total. The summed E-state index contributed by atoms with van der Waals surface area (Å²) in [6.07, 6.45) is 7.15. The van der Waals surface area contributed by atoms with Gasteiger partial charge in [-0.1, -0.05) is 25.9 Å². The van der Waals surface area contributed by atoms with E-state index in [-0.39, 0.29) is 10.8 Å². The quantitative estimate of drug-likeness (QED) is 0.585. The maximum absolute atomic E-state index is 12.6. The average Bonchev–Trinajstić information content (AvgIpc) is 2.92. The summed E-state index contributed by atoms with van der Waals surface area (Å²) in [5.41, 5.74) is 5.54. The summed E-state index contributed by atoms with van der Waals surface area (Å²) >= 11 is 0. The molecule has 27 heavy (non-hydrogen) atoms. The van der Waals surface area contributed by atoms with Crippen LogP contribution in [-0.2, 0) is 9.63 Å². The normalized spacial score (nSPS) is 50.9. The number of nitrogens with two attached hydrogens (primary N) is 1. The van der Waals surface area contributed by atoms with Gasteiger partial charge >= 0.3 is 0 Å². The molecule has 3 N–H and O–H groups in total. The van der Waals surface area contributed by atoms with Gasteiger partial charge in [0.1, 0.15) is 12.4 Å². The molecule has 4 fully saturated rings. The van der Waals surface area contributed by atoms with Crippen molar-refractivity contribution in [3.05, 3.63) is 0 Å². The predicted octanol–water partition coefficient (Wildman–Crippen LogP) is 3.29. The zero-order valence-corrected chi connectivity index (χ0v) is 17.2. The third kappa shape index (κ3) is 2.71. The van der Waals surface area contributed by atoms with Gasteiger partial charge in [-0.2, -0.15) is 0 Å². The highest BCUT2D eigenvalue weighted by Gasteiger charge is 2.66. The lowest BCUT2D eigenvalue weighted by Crippen LogP contribution is -2.64. The van der Waals surface area contributed by atoms with E-state index in [0.29, 0.717) is 49.0 Å². The zero-order chi connectivity index (χ0) is 19.4. The number of aliphatic hydroxyl groups is 1. The summed E-state index contributed by atoms with van der Waals surface area (Å²) in [6.45, 7) is 7.72. The fourth-order valence-electron chi connectivity index (χ4n) is 7.54. The van der Waals surface area contributed by atoms with Crippen molar-refractivity contribution in [1.29, 1.82) is 0 Å². The molecule has 0 aliphatic heterocycles. The van der Waals surface area contributed by atoms with E-state index in [2.05, 4.69) is 25.9 Å². The largest absolute Gasteiger partial charge is 0.395 e. The molecule has 0 amide bonds. The third-order valence-corrected chi connectivity index (χ3v) is 9.07. The second-order valence-electron chi connectivity index (χ2n) is 10.3. The molecule has 0 spiro atoms. The second kappa shape index (κ2) is 6.55. The van der Waals surface area contributed by atoms with Gasteiger partial charge in [0.2, 0.25) is 0 Å². The van der Waals surface area contributed by atoms with E-state index >= 15 is 0 Å². The van der Waals surface area contributed by atoms with E-state index in [9.17, 15) is 9.90 Å². The first-order valence-corrected chi connectivity index (χ1v) is 10.9. The summed E-state index contributed by atoms with van der Waals surface area (Å²) in [4.78, 5) is 17.9. The van der Waals surface area contributed by atoms with Gasteiger partial charge < -0.3 is 15.7 Å². The van der Waals surface area contributed by atoms with Crippen LogP contribution in [0.3, 0.4) is 0 Å². The zero-order valence-electron chi connectivity index (χ0n) is 17.2. The maximum Gasteiger partial charge on any atom is 0.139 e. The molecule has 152 valence electrons. The van der Waals surface area contributed by atoms with Gasteiger partial charge in [-0.3, -0.25) is 4.79 Å². The number of oxime groups is 1. The molecule has 0 aromatic rings. The molecule has 0 saturated heterocycles. The Bertz CT molecular complexity index is 649. The van der Waals surface area contributed by atoms with Crippen molar-refractivity contribution < 1.29 is 14.7 Å². The molecule has 0 radical (unpaired) electrons. The molecule has 0 bridgehead atoms. The van der Waals surface area contributed by atoms with Crippen LogP contribution in [0.5, 0.6) is 0 Å². The molecule has 0 unspecified atom stereocenters. The van der Waals surface area contributed by atoms with Crippen molar-refractivity contribution in [3.8, 4) is 0 Å².